The Kier molecular flexibility index (Phi) is 6.66. The molecule has 0 atom stereocenters. The van der Waals surface area contributed by atoms with E-state index in [1.807, 2.05) is 11.8 Å². The average Bonchev–Trinajstić information content (AvgIpc) is 2.64. The van der Waals surface area contributed by atoms with Crippen LogP contribution in [0.15, 0.2) is 88.7 Å². The molecular formula is C23H25S2+. The Morgan fingerprint density at radius 2 is 1.16 bits per heavy atom. The van der Waals surface area contributed by atoms with Crippen molar-refractivity contribution in [1.29, 1.82) is 0 Å². The van der Waals surface area contributed by atoms with Gasteiger partial charge in [0.15, 0.2) is 0 Å². The lowest BCUT2D eigenvalue weighted by atomic mass is 10.1. The zero-order chi connectivity index (χ0) is 17.5. The van der Waals surface area contributed by atoms with Gasteiger partial charge < -0.3 is 0 Å². The van der Waals surface area contributed by atoms with E-state index in [0.29, 0.717) is 10.9 Å². The Hall–Kier alpha value is -1.64. The van der Waals surface area contributed by atoms with E-state index in [1.165, 1.54) is 38.7 Å². The molecule has 3 aromatic rings. The molecule has 0 saturated heterocycles. The molecule has 0 aliphatic rings. The molecule has 0 aromatic heterocycles. The van der Waals surface area contributed by atoms with Crippen molar-refractivity contribution < 1.29 is 0 Å². The van der Waals surface area contributed by atoms with Crippen molar-refractivity contribution in [3.63, 3.8) is 0 Å². The number of benzene rings is 3. The van der Waals surface area contributed by atoms with Gasteiger partial charge in [-0.1, -0.05) is 66.4 Å². The van der Waals surface area contributed by atoms with Gasteiger partial charge in [0.2, 0.25) is 0 Å². The first-order valence-electron chi connectivity index (χ1n) is 8.63. The van der Waals surface area contributed by atoms with Crippen molar-refractivity contribution in [2.24, 2.45) is 0 Å². The van der Waals surface area contributed by atoms with Crippen LogP contribution in [0.2, 0.25) is 0 Å². The molecule has 2 heteroatoms. The summed E-state index contributed by atoms with van der Waals surface area (Å²) in [7, 11) is 0.525. The first-order chi connectivity index (χ1) is 12.2. The fourth-order valence-corrected chi connectivity index (χ4v) is 4.15. The zero-order valence-corrected chi connectivity index (χ0v) is 16.6. The summed E-state index contributed by atoms with van der Waals surface area (Å²) in [5.41, 5.74) is 4.17. The van der Waals surface area contributed by atoms with Gasteiger partial charge in [-0.2, -0.15) is 0 Å². The molecule has 0 heterocycles. The Labute approximate surface area is 159 Å². The topological polar surface area (TPSA) is 0 Å². The van der Waals surface area contributed by atoms with Crippen molar-refractivity contribution in [1.82, 2.24) is 0 Å². The average molecular weight is 366 g/mol. The highest BCUT2D eigenvalue weighted by Gasteiger charge is 2.04. The molecule has 3 rings (SSSR count). The van der Waals surface area contributed by atoms with Gasteiger partial charge >= 0.3 is 0 Å². The molecule has 0 aliphatic carbocycles. The number of rotatable bonds is 7. The van der Waals surface area contributed by atoms with Crippen molar-refractivity contribution in [3.8, 4) is 0 Å². The second-order valence-corrected chi connectivity index (χ2v) is 10.0. The smallest absolute Gasteiger partial charge is 0.0901 e. The molecule has 0 aliphatic heterocycles. The maximum atomic E-state index is 2.31. The minimum Gasteiger partial charge on any atom is -0.0901 e. The Morgan fingerprint density at radius 3 is 1.72 bits per heavy atom. The van der Waals surface area contributed by atoms with E-state index in [9.17, 15) is 0 Å². The van der Waals surface area contributed by atoms with E-state index >= 15 is 0 Å². The number of hydrogen-bond acceptors (Lipinski definition) is 1. The maximum absolute atomic E-state index is 2.31. The molecule has 3 aromatic carbocycles. The standard InChI is InChI=1S/C23H25S2/c1-25(2)17-16-19-8-12-22(13-9-19)24-23-14-10-21(11-15-23)18-20-6-4-3-5-7-20/h3-15H,16-18H2,1-2H3/q+1. The molecule has 25 heavy (non-hydrogen) atoms. The molecule has 0 radical (unpaired) electrons. The van der Waals surface area contributed by atoms with Gasteiger partial charge in [-0.05, 0) is 58.3 Å². The molecule has 0 spiro atoms. The maximum Gasteiger partial charge on any atom is 0.111 e. The largest absolute Gasteiger partial charge is 0.111 e. The predicted octanol–water partition coefficient (Wildman–Crippen LogP) is 5.85. The van der Waals surface area contributed by atoms with Crippen LogP contribution in [0.25, 0.3) is 0 Å². The van der Waals surface area contributed by atoms with Crippen LogP contribution in [0.5, 0.6) is 0 Å². The van der Waals surface area contributed by atoms with Gasteiger partial charge in [0.25, 0.3) is 0 Å². The SMILES string of the molecule is C[S+](C)CCc1ccc(Sc2ccc(Cc3ccccc3)cc2)cc1. The van der Waals surface area contributed by atoms with Crippen LogP contribution >= 0.6 is 11.8 Å². The van der Waals surface area contributed by atoms with E-state index in [1.54, 1.807) is 0 Å². The third-order valence-corrected chi connectivity index (χ3v) is 6.17. The molecule has 128 valence electrons. The molecular weight excluding hydrogens is 340 g/mol. The fourth-order valence-electron chi connectivity index (χ4n) is 2.69. The monoisotopic (exact) mass is 365 g/mol. The highest BCUT2D eigenvalue weighted by Crippen LogP contribution is 2.28. The third kappa shape index (κ3) is 5.98. The van der Waals surface area contributed by atoms with Crippen molar-refractivity contribution in [3.05, 3.63) is 95.6 Å². The lowest BCUT2D eigenvalue weighted by molar-refractivity contribution is 1.14. The Bertz CT molecular complexity index is 759. The molecule has 0 N–H and O–H groups in total. The lowest BCUT2D eigenvalue weighted by Crippen LogP contribution is -2.04. The van der Waals surface area contributed by atoms with Crippen LogP contribution in [-0.4, -0.2) is 18.3 Å². The van der Waals surface area contributed by atoms with Gasteiger partial charge in [0.1, 0.15) is 5.75 Å². The summed E-state index contributed by atoms with van der Waals surface area (Å²) in [5, 5.41) is 0. The molecule has 0 amide bonds. The lowest BCUT2D eigenvalue weighted by Gasteiger charge is -2.06. The van der Waals surface area contributed by atoms with E-state index in [0.717, 1.165) is 6.42 Å². The molecule has 0 saturated carbocycles. The first kappa shape index (κ1) is 18.2. The quantitative estimate of drug-likeness (QED) is 0.473. The van der Waals surface area contributed by atoms with E-state index < -0.39 is 0 Å². The van der Waals surface area contributed by atoms with Crippen LogP contribution in [-0.2, 0) is 23.7 Å². The van der Waals surface area contributed by atoms with Gasteiger partial charge in [0.05, 0.1) is 12.5 Å². The van der Waals surface area contributed by atoms with Gasteiger partial charge in [0, 0.05) is 16.2 Å². The van der Waals surface area contributed by atoms with E-state index in [-0.39, 0.29) is 0 Å². The summed E-state index contributed by atoms with van der Waals surface area (Å²) in [5.74, 6) is 1.29. The highest BCUT2D eigenvalue weighted by molar-refractivity contribution is 7.99. The van der Waals surface area contributed by atoms with Crippen LogP contribution in [0.4, 0.5) is 0 Å². The number of aryl methyl sites for hydroxylation is 1. The van der Waals surface area contributed by atoms with E-state index in [4.69, 9.17) is 0 Å². The zero-order valence-electron chi connectivity index (χ0n) is 14.9. The van der Waals surface area contributed by atoms with E-state index in [2.05, 4.69) is 91.4 Å². The highest BCUT2D eigenvalue weighted by atomic mass is 32.2. The van der Waals surface area contributed by atoms with Gasteiger partial charge in [-0.3, -0.25) is 0 Å². The van der Waals surface area contributed by atoms with Crippen LogP contribution < -0.4 is 0 Å². The van der Waals surface area contributed by atoms with Gasteiger partial charge in [-0.15, -0.1) is 0 Å². The van der Waals surface area contributed by atoms with Crippen molar-refractivity contribution in [2.75, 3.05) is 18.3 Å². The minimum atomic E-state index is 0.525. The van der Waals surface area contributed by atoms with Crippen LogP contribution in [0.3, 0.4) is 0 Å². The molecule has 0 nitrogen and oxygen atoms in total. The second-order valence-electron chi connectivity index (χ2n) is 6.49. The molecule has 0 unspecified atom stereocenters. The summed E-state index contributed by atoms with van der Waals surface area (Å²) in [6.07, 6.45) is 6.81. The van der Waals surface area contributed by atoms with Crippen molar-refractivity contribution in [2.45, 2.75) is 22.6 Å². The summed E-state index contributed by atoms with van der Waals surface area (Å²) in [6, 6.07) is 28.6. The summed E-state index contributed by atoms with van der Waals surface area (Å²) in [6.45, 7) is 0. The van der Waals surface area contributed by atoms with Crippen molar-refractivity contribution >= 4 is 22.7 Å². The van der Waals surface area contributed by atoms with Crippen LogP contribution in [0, 0.1) is 0 Å². The minimum absolute atomic E-state index is 0.525. The fraction of sp³-hybridized carbons (Fsp3) is 0.217. The normalized spacial score (nSPS) is 11.0. The van der Waals surface area contributed by atoms with Crippen LogP contribution in [0.1, 0.15) is 16.7 Å². The summed E-state index contributed by atoms with van der Waals surface area (Å²) in [4.78, 5) is 2.61. The predicted molar refractivity (Wildman–Crippen MR) is 114 cm³/mol. The second kappa shape index (κ2) is 9.17. The Balaban J connectivity index is 1.57. The molecule has 0 bridgehead atoms. The Morgan fingerprint density at radius 1 is 0.640 bits per heavy atom. The summed E-state index contributed by atoms with van der Waals surface area (Å²) >= 11 is 1.84. The summed E-state index contributed by atoms with van der Waals surface area (Å²) < 4.78 is 0. The molecule has 0 fully saturated rings. The number of hydrogen-bond donors (Lipinski definition) is 0. The first-order valence-corrected chi connectivity index (χ1v) is 11.7. The van der Waals surface area contributed by atoms with Gasteiger partial charge in [-0.25, -0.2) is 0 Å². The third-order valence-electron chi connectivity index (χ3n) is 4.13.